The van der Waals surface area contributed by atoms with Gasteiger partial charge in [-0.3, -0.25) is 0 Å². The van der Waals surface area contributed by atoms with Gasteiger partial charge in [-0.05, 0) is 35.6 Å². The third-order valence-electron chi connectivity index (χ3n) is 3.62. The standard InChI is InChI=1S/C16H14ClNO/c17-13-8-6-12(7-9-13)16(18-19)15-10-14(15)11-4-2-1-3-5-11/h1-9,14-15,19H,10H2/b18-16+/t14-,15-/m0/s1. The monoisotopic (exact) mass is 271 g/mol. The van der Waals surface area contributed by atoms with Crippen LogP contribution in [0.5, 0.6) is 0 Å². The number of oxime groups is 1. The van der Waals surface area contributed by atoms with Crippen LogP contribution in [0.15, 0.2) is 59.8 Å². The first-order valence-corrected chi connectivity index (χ1v) is 6.70. The van der Waals surface area contributed by atoms with Crippen LogP contribution < -0.4 is 0 Å². The molecule has 1 aliphatic carbocycles. The minimum atomic E-state index is 0.300. The lowest BCUT2D eigenvalue weighted by atomic mass is 10.0. The molecule has 2 aromatic rings. The van der Waals surface area contributed by atoms with E-state index in [1.807, 2.05) is 42.5 Å². The van der Waals surface area contributed by atoms with Crippen molar-refractivity contribution >= 4 is 17.3 Å². The topological polar surface area (TPSA) is 32.6 Å². The first kappa shape index (κ1) is 12.2. The Hall–Kier alpha value is -1.80. The summed E-state index contributed by atoms with van der Waals surface area (Å²) in [5.41, 5.74) is 3.00. The maximum Gasteiger partial charge on any atom is 0.0904 e. The van der Waals surface area contributed by atoms with Crippen molar-refractivity contribution in [3.05, 3.63) is 70.7 Å². The highest BCUT2D eigenvalue weighted by molar-refractivity contribution is 6.30. The van der Waals surface area contributed by atoms with Crippen LogP contribution in [0.25, 0.3) is 0 Å². The summed E-state index contributed by atoms with van der Waals surface area (Å²) in [6.45, 7) is 0. The summed E-state index contributed by atoms with van der Waals surface area (Å²) < 4.78 is 0. The van der Waals surface area contributed by atoms with Gasteiger partial charge >= 0.3 is 0 Å². The van der Waals surface area contributed by atoms with Crippen LogP contribution in [0.1, 0.15) is 23.5 Å². The van der Waals surface area contributed by atoms with Gasteiger partial charge in [-0.15, -0.1) is 0 Å². The molecule has 2 atom stereocenters. The van der Waals surface area contributed by atoms with E-state index in [0.29, 0.717) is 16.9 Å². The van der Waals surface area contributed by atoms with Gasteiger partial charge in [0.1, 0.15) is 0 Å². The van der Waals surface area contributed by atoms with Crippen molar-refractivity contribution < 1.29 is 5.21 Å². The summed E-state index contributed by atoms with van der Waals surface area (Å²) in [6.07, 6.45) is 1.03. The molecule has 2 aromatic carbocycles. The van der Waals surface area contributed by atoms with Crippen LogP contribution in [0.4, 0.5) is 0 Å². The fourth-order valence-electron chi connectivity index (χ4n) is 2.53. The third-order valence-corrected chi connectivity index (χ3v) is 3.87. The zero-order chi connectivity index (χ0) is 13.2. The minimum Gasteiger partial charge on any atom is -0.411 e. The second kappa shape index (κ2) is 5.06. The number of hydrogen-bond donors (Lipinski definition) is 1. The molecule has 1 saturated carbocycles. The van der Waals surface area contributed by atoms with Gasteiger partial charge in [0.15, 0.2) is 0 Å². The second-order valence-corrected chi connectivity index (χ2v) is 5.29. The highest BCUT2D eigenvalue weighted by Crippen LogP contribution is 2.49. The van der Waals surface area contributed by atoms with E-state index < -0.39 is 0 Å². The quantitative estimate of drug-likeness (QED) is 0.503. The molecular formula is C16H14ClNO. The van der Waals surface area contributed by atoms with Gasteiger partial charge in [0, 0.05) is 10.9 Å². The van der Waals surface area contributed by atoms with Gasteiger partial charge < -0.3 is 5.21 Å². The average Bonchev–Trinajstić information content (AvgIpc) is 3.23. The normalized spacial score (nSPS) is 22.3. The van der Waals surface area contributed by atoms with Crippen molar-refractivity contribution in [3.63, 3.8) is 0 Å². The summed E-state index contributed by atoms with van der Waals surface area (Å²) >= 11 is 5.88. The maximum absolute atomic E-state index is 9.28. The molecule has 1 fully saturated rings. The van der Waals surface area contributed by atoms with Crippen molar-refractivity contribution in [2.24, 2.45) is 11.1 Å². The number of benzene rings is 2. The first-order chi connectivity index (χ1) is 9.29. The average molecular weight is 272 g/mol. The third kappa shape index (κ3) is 2.49. The Kier molecular flexibility index (Phi) is 3.26. The fraction of sp³-hybridized carbons (Fsp3) is 0.188. The van der Waals surface area contributed by atoms with E-state index in [4.69, 9.17) is 11.6 Å². The first-order valence-electron chi connectivity index (χ1n) is 6.32. The molecule has 96 valence electrons. The smallest absolute Gasteiger partial charge is 0.0904 e. The Morgan fingerprint density at radius 1 is 1.05 bits per heavy atom. The van der Waals surface area contributed by atoms with Crippen molar-refractivity contribution in [3.8, 4) is 0 Å². The Morgan fingerprint density at radius 2 is 1.74 bits per heavy atom. The number of nitrogens with zero attached hydrogens (tertiary/aromatic N) is 1. The second-order valence-electron chi connectivity index (χ2n) is 4.85. The van der Waals surface area contributed by atoms with E-state index in [-0.39, 0.29) is 0 Å². The van der Waals surface area contributed by atoms with Crippen LogP contribution >= 0.6 is 11.6 Å². The van der Waals surface area contributed by atoms with Gasteiger partial charge in [0.05, 0.1) is 5.71 Å². The highest BCUT2D eigenvalue weighted by Gasteiger charge is 2.42. The van der Waals surface area contributed by atoms with Crippen LogP contribution in [0.3, 0.4) is 0 Å². The molecule has 0 radical (unpaired) electrons. The molecule has 0 unspecified atom stereocenters. The molecule has 0 spiro atoms. The van der Waals surface area contributed by atoms with E-state index in [9.17, 15) is 5.21 Å². The molecule has 0 saturated heterocycles. The molecule has 3 heteroatoms. The molecule has 0 amide bonds. The Bertz CT molecular complexity index is 592. The van der Waals surface area contributed by atoms with Gasteiger partial charge in [0.25, 0.3) is 0 Å². The lowest BCUT2D eigenvalue weighted by Gasteiger charge is -2.04. The predicted molar refractivity (Wildman–Crippen MR) is 77.1 cm³/mol. The summed E-state index contributed by atoms with van der Waals surface area (Å²) in [7, 11) is 0. The molecule has 0 aliphatic heterocycles. The summed E-state index contributed by atoms with van der Waals surface area (Å²) in [4.78, 5) is 0. The largest absolute Gasteiger partial charge is 0.411 e. The minimum absolute atomic E-state index is 0.300. The molecular weight excluding hydrogens is 258 g/mol. The van der Waals surface area contributed by atoms with Gasteiger partial charge in [-0.2, -0.15) is 0 Å². The summed E-state index contributed by atoms with van der Waals surface area (Å²) in [6, 6.07) is 17.8. The van der Waals surface area contributed by atoms with Crippen LogP contribution in [0.2, 0.25) is 5.02 Å². The van der Waals surface area contributed by atoms with Gasteiger partial charge in [0.2, 0.25) is 0 Å². The zero-order valence-electron chi connectivity index (χ0n) is 10.3. The molecule has 0 bridgehead atoms. The molecule has 0 heterocycles. The summed E-state index contributed by atoms with van der Waals surface area (Å²) in [5, 5.41) is 13.5. The Balaban J connectivity index is 1.81. The van der Waals surface area contributed by atoms with Crippen molar-refractivity contribution in [2.75, 3.05) is 0 Å². The Labute approximate surface area is 117 Å². The maximum atomic E-state index is 9.28. The molecule has 19 heavy (non-hydrogen) atoms. The van der Waals surface area contributed by atoms with E-state index in [1.165, 1.54) is 5.56 Å². The van der Waals surface area contributed by atoms with E-state index in [1.54, 1.807) is 0 Å². The molecule has 3 rings (SSSR count). The molecule has 0 aromatic heterocycles. The van der Waals surface area contributed by atoms with Crippen LogP contribution in [0, 0.1) is 5.92 Å². The van der Waals surface area contributed by atoms with Crippen LogP contribution in [-0.4, -0.2) is 10.9 Å². The predicted octanol–water partition coefficient (Wildman–Crippen LogP) is 4.32. The Morgan fingerprint density at radius 3 is 2.37 bits per heavy atom. The van der Waals surface area contributed by atoms with Gasteiger partial charge in [-0.1, -0.05) is 59.2 Å². The number of rotatable bonds is 3. The fourth-order valence-corrected chi connectivity index (χ4v) is 2.66. The highest BCUT2D eigenvalue weighted by atomic mass is 35.5. The van der Waals surface area contributed by atoms with Crippen molar-refractivity contribution in [1.29, 1.82) is 0 Å². The molecule has 1 N–H and O–H groups in total. The zero-order valence-corrected chi connectivity index (χ0v) is 11.1. The lowest BCUT2D eigenvalue weighted by molar-refractivity contribution is 0.317. The molecule has 2 nitrogen and oxygen atoms in total. The van der Waals surface area contributed by atoms with Gasteiger partial charge in [-0.25, -0.2) is 0 Å². The van der Waals surface area contributed by atoms with Crippen LogP contribution in [-0.2, 0) is 0 Å². The van der Waals surface area contributed by atoms with E-state index in [0.717, 1.165) is 17.7 Å². The number of hydrogen-bond acceptors (Lipinski definition) is 2. The lowest BCUT2D eigenvalue weighted by Crippen LogP contribution is -2.05. The van der Waals surface area contributed by atoms with E-state index in [2.05, 4.69) is 17.3 Å². The SMILES string of the molecule is O/N=C(\c1ccc(Cl)cc1)[C@H]1C[C@H]1c1ccccc1. The number of halogens is 1. The van der Waals surface area contributed by atoms with Crippen molar-refractivity contribution in [1.82, 2.24) is 0 Å². The summed E-state index contributed by atoms with van der Waals surface area (Å²) in [5.74, 6) is 0.761. The van der Waals surface area contributed by atoms with E-state index >= 15 is 0 Å². The van der Waals surface area contributed by atoms with Crippen molar-refractivity contribution in [2.45, 2.75) is 12.3 Å². The molecule has 1 aliphatic rings.